The van der Waals surface area contributed by atoms with Gasteiger partial charge in [-0.25, -0.2) is 4.79 Å². The second kappa shape index (κ2) is 6.06. The van der Waals surface area contributed by atoms with Crippen LogP contribution in [-0.4, -0.2) is 49.6 Å². The number of carbonyl (C=O) groups excluding carboxylic acids is 1. The molecule has 1 aromatic rings. The molecule has 1 aromatic carbocycles. The number of benzene rings is 1. The van der Waals surface area contributed by atoms with Gasteiger partial charge in [0.25, 0.3) is 0 Å². The summed E-state index contributed by atoms with van der Waals surface area (Å²) < 4.78 is 0. The van der Waals surface area contributed by atoms with Crippen LogP contribution in [0.2, 0.25) is 0 Å². The number of nitrogens with zero attached hydrogens (tertiary/aromatic N) is 2. The quantitative estimate of drug-likeness (QED) is 0.823. The van der Waals surface area contributed by atoms with E-state index in [2.05, 4.69) is 36.5 Å². The van der Waals surface area contributed by atoms with Crippen molar-refractivity contribution in [2.24, 2.45) is 0 Å². The van der Waals surface area contributed by atoms with E-state index < -0.39 is 0 Å². The Morgan fingerprint density at radius 2 is 2.21 bits per heavy atom. The highest BCUT2D eigenvalue weighted by Crippen LogP contribution is 2.28. The van der Waals surface area contributed by atoms with E-state index in [4.69, 9.17) is 0 Å². The first-order valence-corrected chi connectivity index (χ1v) is 6.86. The van der Waals surface area contributed by atoms with Crippen molar-refractivity contribution in [1.29, 1.82) is 0 Å². The van der Waals surface area contributed by atoms with E-state index in [0.717, 1.165) is 26.1 Å². The second-order valence-electron chi connectivity index (χ2n) is 5.23. The number of aryl methyl sites for hydroxylation is 1. The van der Waals surface area contributed by atoms with Crippen LogP contribution in [0.5, 0.6) is 0 Å². The molecule has 2 amide bonds. The van der Waals surface area contributed by atoms with Crippen molar-refractivity contribution in [3.63, 3.8) is 0 Å². The average molecular weight is 261 g/mol. The third-order valence-corrected chi connectivity index (χ3v) is 3.71. The molecule has 4 nitrogen and oxygen atoms in total. The fraction of sp³-hybridized carbons (Fsp3) is 0.533. The van der Waals surface area contributed by atoms with E-state index in [1.54, 1.807) is 0 Å². The molecule has 1 aliphatic rings. The summed E-state index contributed by atoms with van der Waals surface area (Å²) in [4.78, 5) is 16.0. The molecule has 1 atom stereocenters. The van der Waals surface area contributed by atoms with Crippen LogP contribution in [0, 0.1) is 6.92 Å². The lowest BCUT2D eigenvalue weighted by molar-refractivity contribution is 0.195. The maximum atomic E-state index is 12.2. The first kappa shape index (κ1) is 13.9. The molecule has 1 saturated heterocycles. The standard InChI is InChI=1S/C15H23N3O/c1-12-6-4-7-13(10-12)14-11-18(9-5-8-16-2)15(19)17(14)3/h4,6-7,10,14,16H,5,8-9,11H2,1-3H3. The third-order valence-electron chi connectivity index (χ3n) is 3.71. The summed E-state index contributed by atoms with van der Waals surface area (Å²) >= 11 is 0. The predicted octanol–water partition coefficient (Wildman–Crippen LogP) is 2.01. The predicted molar refractivity (Wildman–Crippen MR) is 77.2 cm³/mol. The molecule has 0 spiro atoms. The molecule has 2 rings (SSSR count). The number of hydrogen-bond donors (Lipinski definition) is 1. The number of carbonyl (C=O) groups is 1. The summed E-state index contributed by atoms with van der Waals surface area (Å²) in [5.74, 6) is 0. The van der Waals surface area contributed by atoms with Gasteiger partial charge in [0.05, 0.1) is 6.04 Å². The molecule has 1 fully saturated rings. The molecule has 1 aliphatic heterocycles. The number of urea groups is 1. The summed E-state index contributed by atoms with van der Waals surface area (Å²) in [6, 6.07) is 8.76. The van der Waals surface area contributed by atoms with Crippen molar-refractivity contribution in [3.05, 3.63) is 35.4 Å². The zero-order chi connectivity index (χ0) is 13.8. The van der Waals surface area contributed by atoms with Crippen molar-refractivity contribution in [2.45, 2.75) is 19.4 Å². The van der Waals surface area contributed by atoms with Crippen LogP contribution in [0.15, 0.2) is 24.3 Å². The third kappa shape index (κ3) is 3.07. The number of amides is 2. The van der Waals surface area contributed by atoms with Gasteiger partial charge in [-0.1, -0.05) is 29.8 Å². The van der Waals surface area contributed by atoms with Gasteiger partial charge in [0.1, 0.15) is 0 Å². The van der Waals surface area contributed by atoms with Crippen LogP contribution in [-0.2, 0) is 0 Å². The van der Waals surface area contributed by atoms with E-state index >= 15 is 0 Å². The zero-order valence-corrected chi connectivity index (χ0v) is 12.0. The fourth-order valence-corrected chi connectivity index (χ4v) is 2.61. The van der Waals surface area contributed by atoms with Crippen molar-refractivity contribution in [1.82, 2.24) is 15.1 Å². The number of likely N-dealkylation sites (N-methyl/N-ethyl adjacent to an activating group) is 1. The Balaban J connectivity index is 2.05. The van der Waals surface area contributed by atoms with Crippen LogP contribution >= 0.6 is 0 Å². The molecule has 0 bridgehead atoms. The van der Waals surface area contributed by atoms with Crippen LogP contribution in [0.25, 0.3) is 0 Å². The lowest BCUT2D eigenvalue weighted by Gasteiger charge is -2.18. The van der Waals surface area contributed by atoms with Crippen LogP contribution in [0.1, 0.15) is 23.6 Å². The highest BCUT2D eigenvalue weighted by atomic mass is 16.2. The minimum Gasteiger partial charge on any atom is -0.322 e. The van der Waals surface area contributed by atoms with E-state index in [1.807, 2.05) is 23.9 Å². The van der Waals surface area contributed by atoms with Crippen molar-refractivity contribution >= 4 is 6.03 Å². The minimum absolute atomic E-state index is 0.141. The van der Waals surface area contributed by atoms with Crippen molar-refractivity contribution < 1.29 is 4.79 Å². The molecule has 0 saturated carbocycles. The van der Waals surface area contributed by atoms with E-state index in [0.29, 0.717) is 0 Å². The first-order valence-electron chi connectivity index (χ1n) is 6.86. The van der Waals surface area contributed by atoms with Crippen molar-refractivity contribution in [3.8, 4) is 0 Å². The van der Waals surface area contributed by atoms with E-state index in [-0.39, 0.29) is 12.1 Å². The fourth-order valence-electron chi connectivity index (χ4n) is 2.61. The number of rotatable bonds is 5. The highest BCUT2D eigenvalue weighted by Gasteiger charge is 2.34. The topological polar surface area (TPSA) is 35.6 Å². The number of hydrogen-bond acceptors (Lipinski definition) is 2. The van der Waals surface area contributed by atoms with Gasteiger partial charge in [-0.05, 0) is 32.5 Å². The lowest BCUT2D eigenvalue weighted by atomic mass is 10.0. The molecule has 1 N–H and O–H groups in total. The van der Waals surface area contributed by atoms with Gasteiger partial charge in [-0.15, -0.1) is 0 Å². The summed E-state index contributed by atoms with van der Waals surface area (Å²) in [7, 11) is 3.83. The normalized spacial score (nSPS) is 19.3. The summed E-state index contributed by atoms with van der Waals surface area (Å²) in [5, 5.41) is 3.12. The van der Waals surface area contributed by atoms with Gasteiger partial charge in [0.2, 0.25) is 0 Å². The average Bonchev–Trinajstić information content (AvgIpc) is 2.67. The Morgan fingerprint density at radius 1 is 1.42 bits per heavy atom. The summed E-state index contributed by atoms with van der Waals surface area (Å²) in [5.41, 5.74) is 2.47. The smallest absolute Gasteiger partial charge is 0.320 e. The Morgan fingerprint density at radius 3 is 2.89 bits per heavy atom. The molecular weight excluding hydrogens is 238 g/mol. The Kier molecular flexibility index (Phi) is 4.43. The Bertz CT molecular complexity index is 447. The van der Waals surface area contributed by atoms with Gasteiger partial charge >= 0.3 is 6.03 Å². The molecular formula is C15H23N3O. The summed E-state index contributed by atoms with van der Waals surface area (Å²) in [6.07, 6.45) is 0.997. The molecule has 0 aliphatic carbocycles. The molecule has 0 aromatic heterocycles. The zero-order valence-electron chi connectivity index (χ0n) is 12.0. The maximum Gasteiger partial charge on any atom is 0.320 e. The minimum atomic E-state index is 0.141. The molecule has 19 heavy (non-hydrogen) atoms. The summed E-state index contributed by atoms with van der Waals surface area (Å²) in [6.45, 7) is 4.66. The van der Waals surface area contributed by atoms with Gasteiger partial charge in [-0.2, -0.15) is 0 Å². The molecule has 4 heteroatoms. The van der Waals surface area contributed by atoms with Crippen molar-refractivity contribution in [2.75, 3.05) is 33.7 Å². The van der Waals surface area contributed by atoms with E-state index in [1.165, 1.54) is 11.1 Å². The van der Waals surface area contributed by atoms with Crippen LogP contribution in [0.3, 0.4) is 0 Å². The van der Waals surface area contributed by atoms with Gasteiger partial charge in [0, 0.05) is 20.1 Å². The second-order valence-corrected chi connectivity index (χ2v) is 5.23. The molecule has 104 valence electrons. The van der Waals surface area contributed by atoms with Gasteiger partial charge < -0.3 is 15.1 Å². The largest absolute Gasteiger partial charge is 0.322 e. The Hall–Kier alpha value is -1.55. The van der Waals surface area contributed by atoms with E-state index in [9.17, 15) is 4.79 Å². The van der Waals surface area contributed by atoms with Crippen LogP contribution in [0.4, 0.5) is 4.79 Å². The monoisotopic (exact) mass is 261 g/mol. The molecule has 1 heterocycles. The first-order chi connectivity index (χ1) is 9.13. The Labute approximate surface area is 115 Å². The van der Waals surface area contributed by atoms with Gasteiger partial charge in [-0.3, -0.25) is 0 Å². The SMILES string of the molecule is CNCCCN1CC(c2cccc(C)c2)N(C)C1=O. The number of nitrogens with one attached hydrogen (secondary N) is 1. The van der Waals surface area contributed by atoms with Gasteiger partial charge in [0.15, 0.2) is 0 Å². The highest BCUT2D eigenvalue weighted by molar-refractivity contribution is 5.77. The molecule has 1 unspecified atom stereocenters. The molecule has 0 radical (unpaired) electrons. The maximum absolute atomic E-state index is 12.2. The van der Waals surface area contributed by atoms with Crippen LogP contribution < -0.4 is 5.32 Å². The lowest BCUT2D eigenvalue weighted by Crippen LogP contribution is -2.31.